The maximum atomic E-state index is 11.9. The number of hydrogen-bond donors (Lipinski definition) is 2. The zero-order chi connectivity index (χ0) is 19.5. The summed E-state index contributed by atoms with van der Waals surface area (Å²) in [6.07, 6.45) is 2.74. The molecule has 2 amide bonds. The van der Waals surface area contributed by atoms with Crippen molar-refractivity contribution in [2.75, 3.05) is 5.32 Å². The van der Waals surface area contributed by atoms with Crippen LogP contribution in [-0.2, 0) is 16.1 Å². The Morgan fingerprint density at radius 2 is 1.72 bits per heavy atom. The normalized spacial score (nSPS) is 10.9. The Morgan fingerprint density at radius 3 is 2.16 bits per heavy atom. The van der Waals surface area contributed by atoms with E-state index in [1.807, 2.05) is 46.8 Å². The fourth-order valence-corrected chi connectivity index (χ4v) is 1.74. The zero-order valence-corrected chi connectivity index (χ0v) is 16.1. The van der Waals surface area contributed by atoms with Crippen molar-refractivity contribution in [3.8, 4) is 0 Å². The summed E-state index contributed by atoms with van der Waals surface area (Å²) in [4.78, 5) is 23.5. The van der Waals surface area contributed by atoms with Gasteiger partial charge in [-0.3, -0.25) is 4.79 Å². The van der Waals surface area contributed by atoms with Crippen molar-refractivity contribution in [2.24, 2.45) is 0 Å². The van der Waals surface area contributed by atoms with E-state index in [0.717, 1.165) is 5.56 Å². The van der Waals surface area contributed by atoms with Gasteiger partial charge in [-0.15, -0.1) is 0 Å². The van der Waals surface area contributed by atoms with Crippen LogP contribution in [-0.4, -0.2) is 17.6 Å². The maximum absolute atomic E-state index is 11.9. The van der Waals surface area contributed by atoms with E-state index >= 15 is 0 Å². The molecule has 1 aromatic carbocycles. The van der Waals surface area contributed by atoms with Crippen molar-refractivity contribution < 1.29 is 14.3 Å². The van der Waals surface area contributed by atoms with Crippen LogP contribution in [0.5, 0.6) is 0 Å². The van der Waals surface area contributed by atoms with Gasteiger partial charge in [-0.05, 0) is 45.4 Å². The number of carbonyl (C=O) groups excluding carboxylic acids is 2. The highest BCUT2D eigenvalue weighted by Crippen LogP contribution is 2.12. The van der Waals surface area contributed by atoms with Crippen LogP contribution in [0.15, 0.2) is 48.6 Å². The summed E-state index contributed by atoms with van der Waals surface area (Å²) in [5, 5.41) is 5.46. The third kappa shape index (κ3) is 9.35. The van der Waals surface area contributed by atoms with Gasteiger partial charge in [0, 0.05) is 17.8 Å². The summed E-state index contributed by atoms with van der Waals surface area (Å²) in [6.45, 7) is 15.2. The number of amides is 2. The molecule has 5 heteroatoms. The van der Waals surface area contributed by atoms with Crippen molar-refractivity contribution in [3.05, 3.63) is 54.1 Å². The first-order valence-corrected chi connectivity index (χ1v) is 8.41. The highest BCUT2D eigenvalue weighted by atomic mass is 16.6. The monoisotopic (exact) mass is 346 g/mol. The first-order valence-electron chi connectivity index (χ1n) is 8.41. The Morgan fingerprint density at radius 1 is 1.16 bits per heavy atom. The van der Waals surface area contributed by atoms with E-state index in [1.165, 1.54) is 6.08 Å². The highest BCUT2D eigenvalue weighted by molar-refractivity contribution is 6.05. The topological polar surface area (TPSA) is 67.4 Å². The number of nitrogens with one attached hydrogen (secondary N) is 2. The predicted molar refractivity (Wildman–Crippen MR) is 103 cm³/mol. The molecule has 25 heavy (non-hydrogen) atoms. The van der Waals surface area contributed by atoms with Crippen molar-refractivity contribution >= 4 is 17.7 Å². The fourth-order valence-electron chi connectivity index (χ4n) is 1.74. The molecule has 0 atom stereocenters. The molecular weight excluding hydrogens is 316 g/mol. The third-order valence-corrected chi connectivity index (χ3v) is 2.84. The van der Waals surface area contributed by atoms with Gasteiger partial charge < -0.3 is 15.4 Å². The summed E-state index contributed by atoms with van der Waals surface area (Å²) in [5.74, 6) is -0.206. The van der Waals surface area contributed by atoms with Crippen molar-refractivity contribution in [1.82, 2.24) is 5.32 Å². The molecule has 0 aliphatic carbocycles. The van der Waals surface area contributed by atoms with Crippen LogP contribution in [0.4, 0.5) is 10.5 Å². The molecule has 0 fully saturated rings. The van der Waals surface area contributed by atoms with Gasteiger partial charge in [0.2, 0.25) is 0 Å². The van der Waals surface area contributed by atoms with Crippen LogP contribution in [0.1, 0.15) is 47.1 Å². The minimum absolute atomic E-state index is 0.206. The summed E-state index contributed by atoms with van der Waals surface area (Å²) >= 11 is 0. The standard InChI is InChI=1S/C18H24N2O3.C2H6/c1-6-14(7-2)16(21)20-15-10-8-13(9-11-15)12-19-17(22)23-18(3,4)5;1-2/h6-11H,1,12H2,2-5H3,(H,19,22)(H,20,21);1-2H3/b14-7+;. The van der Waals surface area contributed by atoms with Crippen molar-refractivity contribution in [1.29, 1.82) is 0 Å². The SMILES string of the molecule is C=C/C(=C\C)C(=O)Nc1ccc(CNC(=O)OC(C)(C)C)cc1.CC. The van der Waals surface area contributed by atoms with Gasteiger partial charge >= 0.3 is 6.09 Å². The number of hydrogen-bond acceptors (Lipinski definition) is 3. The van der Waals surface area contributed by atoms with E-state index in [-0.39, 0.29) is 5.91 Å². The first kappa shape index (κ1) is 22.4. The number of ether oxygens (including phenoxy) is 1. The second-order valence-electron chi connectivity index (χ2n) is 5.95. The molecule has 0 aromatic heterocycles. The lowest BCUT2D eigenvalue weighted by Crippen LogP contribution is -2.32. The largest absolute Gasteiger partial charge is 0.444 e. The molecule has 0 saturated heterocycles. The molecule has 138 valence electrons. The molecule has 0 heterocycles. The summed E-state index contributed by atoms with van der Waals surface area (Å²) in [6, 6.07) is 7.22. The second-order valence-corrected chi connectivity index (χ2v) is 5.95. The predicted octanol–water partition coefficient (Wildman–Crippen LogP) is 4.81. The fraction of sp³-hybridized carbons (Fsp3) is 0.400. The maximum Gasteiger partial charge on any atom is 0.407 e. The Labute approximate surface area is 151 Å². The first-order chi connectivity index (χ1) is 11.7. The molecule has 0 bridgehead atoms. The van der Waals surface area contributed by atoms with Gasteiger partial charge in [0.1, 0.15) is 5.60 Å². The molecule has 0 radical (unpaired) electrons. The average Bonchev–Trinajstić information content (AvgIpc) is 2.55. The summed E-state index contributed by atoms with van der Waals surface area (Å²) in [5.41, 5.74) is 1.58. The lowest BCUT2D eigenvalue weighted by atomic mass is 10.2. The minimum Gasteiger partial charge on any atom is -0.444 e. The van der Waals surface area contributed by atoms with E-state index in [9.17, 15) is 9.59 Å². The molecular formula is C20H30N2O3. The Kier molecular flexibility index (Phi) is 9.94. The Hall–Kier alpha value is -2.56. The van der Waals surface area contributed by atoms with E-state index in [2.05, 4.69) is 17.2 Å². The zero-order valence-electron chi connectivity index (χ0n) is 16.1. The number of carbonyl (C=O) groups is 2. The number of alkyl carbamates (subject to hydrolysis) is 1. The second kappa shape index (κ2) is 11.1. The third-order valence-electron chi connectivity index (χ3n) is 2.84. The molecule has 0 aliphatic rings. The van der Waals surface area contributed by atoms with Crippen LogP contribution >= 0.6 is 0 Å². The van der Waals surface area contributed by atoms with Crippen LogP contribution in [0.2, 0.25) is 0 Å². The number of allylic oxidation sites excluding steroid dienone is 1. The molecule has 2 N–H and O–H groups in total. The molecule has 1 aromatic rings. The van der Waals surface area contributed by atoms with Gasteiger partial charge in [0.25, 0.3) is 5.91 Å². The number of benzene rings is 1. The molecule has 0 spiro atoms. The lowest BCUT2D eigenvalue weighted by Gasteiger charge is -2.19. The number of rotatable bonds is 5. The molecule has 5 nitrogen and oxygen atoms in total. The molecule has 0 unspecified atom stereocenters. The Bertz CT molecular complexity index is 596. The van der Waals surface area contributed by atoms with E-state index in [0.29, 0.717) is 17.8 Å². The van der Waals surface area contributed by atoms with Gasteiger partial charge in [-0.2, -0.15) is 0 Å². The van der Waals surface area contributed by atoms with E-state index < -0.39 is 11.7 Å². The van der Waals surface area contributed by atoms with E-state index in [1.54, 1.807) is 25.1 Å². The summed E-state index contributed by atoms with van der Waals surface area (Å²) in [7, 11) is 0. The quantitative estimate of drug-likeness (QED) is 0.594. The van der Waals surface area contributed by atoms with Crippen molar-refractivity contribution in [2.45, 2.75) is 53.7 Å². The summed E-state index contributed by atoms with van der Waals surface area (Å²) < 4.78 is 5.16. The minimum atomic E-state index is -0.520. The van der Waals surface area contributed by atoms with Gasteiger partial charge in [-0.25, -0.2) is 4.79 Å². The Balaban J connectivity index is 0.00000277. The van der Waals surface area contributed by atoms with Crippen LogP contribution in [0.25, 0.3) is 0 Å². The molecule has 0 saturated carbocycles. The lowest BCUT2D eigenvalue weighted by molar-refractivity contribution is -0.112. The van der Waals surface area contributed by atoms with Gasteiger partial charge in [0.15, 0.2) is 0 Å². The highest BCUT2D eigenvalue weighted by Gasteiger charge is 2.15. The molecule has 1 rings (SSSR count). The smallest absolute Gasteiger partial charge is 0.407 e. The average molecular weight is 346 g/mol. The van der Waals surface area contributed by atoms with Crippen LogP contribution < -0.4 is 10.6 Å². The van der Waals surface area contributed by atoms with E-state index in [4.69, 9.17) is 4.74 Å². The number of anilines is 1. The van der Waals surface area contributed by atoms with Crippen molar-refractivity contribution in [3.63, 3.8) is 0 Å². The van der Waals surface area contributed by atoms with Crippen LogP contribution in [0, 0.1) is 0 Å². The van der Waals surface area contributed by atoms with Gasteiger partial charge in [0.05, 0.1) is 0 Å². The van der Waals surface area contributed by atoms with Crippen LogP contribution in [0.3, 0.4) is 0 Å². The molecule has 0 aliphatic heterocycles. The van der Waals surface area contributed by atoms with Gasteiger partial charge in [-0.1, -0.05) is 44.7 Å².